The Balaban J connectivity index is 0.000000348. The Morgan fingerprint density at radius 2 is 1.97 bits per heavy atom. The smallest absolute Gasteiger partial charge is 0.227 e. The molecule has 2 aromatic heterocycles. The summed E-state index contributed by atoms with van der Waals surface area (Å²) in [7, 11) is 0. The minimum absolute atomic E-state index is 0.0339. The Morgan fingerprint density at radius 1 is 1.16 bits per heavy atom. The first-order chi connectivity index (χ1) is 17.9. The van der Waals surface area contributed by atoms with Crippen LogP contribution in [0.3, 0.4) is 0 Å². The highest BCUT2D eigenvalue weighted by atomic mass is 35.5. The van der Waals surface area contributed by atoms with Crippen molar-refractivity contribution in [2.75, 3.05) is 31.1 Å². The van der Waals surface area contributed by atoms with Crippen LogP contribution in [0.15, 0.2) is 67.1 Å². The van der Waals surface area contributed by atoms with E-state index in [1.807, 2.05) is 11.0 Å². The molecule has 9 heteroatoms. The first kappa shape index (κ1) is 25.1. The average Bonchev–Trinajstić information content (AvgIpc) is 3.47. The van der Waals surface area contributed by atoms with Crippen LogP contribution < -0.4 is 4.90 Å². The average molecular weight is 520 g/mol. The van der Waals surface area contributed by atoms with Gasteiger partial charge >= 0.3 is 0 Å². The molecule has 1 aromatic carbocycles. The van der Waals surface area contributed by atoms with E-state index < -0.39 is 5.60 Å². The van der Waals surface area contributed by atoms with Crippen molar-refractivity contribution < 1.29 is 13.9 Å². The van der Waals surface area contributed by atoms with Gasteiger partial charge in [0.2, 0.25) is 5.91 Å². The van der Waals surface area contributed by atoms with Gasteiger partial charge < -0.3 is 14.5 Å². The number of halogens is 2. The van der Waals surface area contributed by atoms with Crippen LogP contribution in [0, 0.1) is 29.0 Å². The van der Waals surface area contributed by atoms with Gasteiger partial charge in [-0.2, -0.15) is 5.26 Å². The molecular formula is C28H27ClFN5O2. The molecule has 4 atom stereocenters. The normalized spacial score (nSPS) is 25.9. The van der Waals surface area contributed by atoms with Crippen LogP contribution in [0.5, 0.6) is 0 Å². The van der Waals surface area contributed by atoms with Crippen molar-refractivity contribution in [1.82, 2.24) is 14.9 Å². The summed E-state index contributed by atoms with van der Waals surface area (Å²) in [4.78, 5) is 25.3. The molecule has 0 aliphatic carbocycles. The number of benzene rings is 1. The highest BCUT2D eigenvalue weighted by Crippen LogP contribution is 2.55. The quantitative estimate of drug-likeness (QED) is 0.476. The zero-order valence-electron chi connectivity index (χ0n) is 20.4. The van der Waals surface area contributed by atoms with Crippen LogP contribution in [-0.2, 0) is 15.1 Å². The molecule has 3 fully saturated rings. The first-order valence-corrected chi connectivity index (χ1v) is 12.7. The molecule has 4 unspecified atom stereocenters. The third-order valence-corrected chi connectivity index (χ3v) is 7.57. The molecule has 37 heavy (non-hydrogen) atoms. The number of amides is 1. The van der Waals surface area contributed by atoms with E-state index in [2.05, 4.69) is 27.9 Å². The molecule has 3 saturated heterocycles. The number of epoxide rings is 1. The van der Waals surface area contributed by atoms with Crippen LogP contribution in [0.4, 0.5) is 10.2 Å². The van der Waals surface area contributed by atoms with E-state index in [0.717, 1.165) is 24.3 Å². The standard InChI is InChI=1S/C23H23FN4O2.C5H4ClN/c1-15-12-28(14-20-23(15,30-20)18-3-5-19(24)6-4-18)22(29)17-8-9-27(13-17)21-7-2-16(10-25)11-26-21;6-5-2-1-3-7-4-5/h2-7,11,15,17,20H,8-9,12-14H2,1H3;1-4H. The second-order valence-electron chi connectivity index (χ2n) is 9.67. The van der Waals surface area contributed by atoms with Crippen molar-refractivity contribution in [3.8, 4) is 6.07 Å². The van der Waals surface area contributed by atoms with Gasteiger partial charge in [-0.3, -0.25) is 9.78 Å². The number of fused-ring (bicyclic) bond motifs is 1. The maximum atomic E-state index is 13.3. The number of hydrogen-bond donors (Lipinski definition) is 0. The van der Waals surface area contributed by atoms with Crippen molar-refractivity contribution in [2.24, 2.45) is 11.8 Å². The number of pyridine rings is 2. The number of ether oxygens (including phenoxy) is 1. The second kappa shape index (κ2) is 10.4. The summed E-state index contributed by atoms with van der Waals surface area (Å²) in [6.07, 6.45) is 5.61. The topological polar surface area (TPSA) is 85.7 Å². The van der Waals surface area contributed by atoms with Gasteiger partial charge in [0.1, 0.15) is 29.4 Å². The Kier molecular flexibility index (Phi) is 7.09. The molecular weight excluding hydrogens is 493 g/mol. The third kappa shape index (κ3) is 5.15. The highest BCUT2D eigenvalue weighted by molar-refractivity contribution is 6.30. The summed E-state index contributed by atoms with van der Waals surface area (Å²) < 4.78 is 19.4. The number of piperidine rings is 1. The maximum Gasteiger partial charge on any atom is 0.227 e. The van der Waals surface area contributed by atoms with Crippen LogP contribution in [0.1, 0.15) is 24.5 Å². The predicted molar refractivity (Wildman–Crippen MR) is 137 cm³/mol. The van der Waals surface area contributed by atoms with Crippen LogP contribution in [0.2, 0.25) is 5.02 Å². The number of hydrogen-bond acceptors (Lipinski definition) is 6. The second-order valence-corrected chi connectivity index (χ2v) is 10.1. The Labute approximate surface area is 220 Å². The molecule has 0 saturated carbocycles. The number of aromatic nitrogens is 2. The minimum atomic E-state index is -0.390. The largest absolute Gasteiger partial charge is 0.359 e. The fraction of sp³-hybridized carbons (Fsp3) is 0.357. The van der Waals surface area contributed by atoms with Crippen LogP contribution in [-0.4, -0.2) is 53.1 Å². The maximum absolute atomic E-state index is 13.3. The summed E-state index contributed by atoms with van der Waals surface area (Å²) >= 11 is 5.48. The molecule has 3 aliphatic rings. The van der Waals surface area contributed by atoms with Crippen molar-refractivity contribution in [3.05, 3.63) is 89.1 Å². The van der Waals surface area contributed by atoms with Gasteiger partial charge in [-0.05, 0) is 48.4 Å². The molecule has 3 aromatic rings. The summed E-state index contributed by atoms with van der Waals surface area (Å²) in [5.74, 6) is 0.795. The lowest BCUT2D eigenvalue weighted by molar-refractivity contribution is -0.136. The molecule has 5 heterocycles. The summed E-state index contributed by atoms with van der Waals surface area (Å²) in [6.45, 7) is 4.73. The van der Waals surface area contributed by atoms with Crippen LogP contribution in [0.25, 0.3) is 0 Å². The fourth-order valence-electron chi connectivity index (χ4n) is 5.39. The number of rotatable bonds is 3. The number of carbonyl (C=O) groups is 1. The van der Waals surface area contributed by atoms with Crippen LogP contribution >= 0.6 is 11.6 Å². The van der Waals surface area contributed by atoms with Gasteiger partial charge in [0.15, 0.2) is 0 Å². The van der Waals surface area contributed by atoms with Gasteiger partial charge in [-0.25, -0.2) is 9.37 Å². The Morgan fingerprint density at radius 3 is 2.57 bits per heavy atom. The van der Waals surface area contributed by atoms with Gasteiger partial charge in [0.25, 0.3) is 0 Å². The first-order valence-electron chi connectivity index (χ1n) is 12.3. The van der Waals surface area contributed by atoms with Gasteiger partial charge in [-0.15, -0.1) is 0 Å². The van der Waals surface area contributed by atoms with Crippen molar-refractivity contribution in [2.45, 2.75) is 25.0 Å². The minimum Gasteiger partial charge on any atom is -0.359 e. The van der Waals surface area contributed by atoms with E-state index >= 15 is 0 Å². The lowest BCUT2D eigenvalue weighted by atomic mass is 9.80. The molecule has 0 N–H and O–H groups in total. The van der Waals surface area contributed by atoms with E-state index in [-0.39, 0.29) is 29.7 Å². The Bertz CT molecular complexity index is 1280. The fourth-order valence-corrected chi connectivity index (χ4v) is 5.52. The molecule has 3 aliphatic heterocycles. The van der Waals surface area contributed by atoms with Crippen molar-refractivity contribution in [3.63, 3.8) is 0 Å². The molecule has 0 spiro atoms. The molecule has 6 rings (SSSR count). The Hall–Kier alpha value is -3.54. The van der Waals surface area contributed by atoms with E-state index in [1.165, 1.54) is 12.1 Å². The van der Waals surface area contributed by atoms with Crippen molar-refractivity contribution >= 4 is 23.3 Å². The van der Waals surface area contributed by atoms with Gasteiger partial charge in [0, 0.05) is 44.1 Å². The molecule has 190 valence electrons. The summed E-state index contributed by atoms with van der Waals surface area (Å²) in [6, 6.07) is 15.8. The van der Waals surface area contributed by atoms with E-state index in [1.54, 1.807) is 48.9 Å². The predicted octanol–water partition coefficient (Wildman–Crippen LogP) is 4.43. The number of likely N-dealkylation sites (tertiary alicyclic amines) is 1. The highest BCUT2D eigenvalue weighted by Gasteiger charge is 2.64. The van der Waals surface area contributed by atoms with E-state index in [0.29, 0.717) is 30.2 Å². The number of nitriles is 1. The summed E-state index contributed by atoms with van der Waals surface area (Å²) in [5.41, 5.74) is 1.13. The zero-order chi connectivity index (χ0) is 26.0. The number of carbonyl (C=O) groups excluding carboxylic acids is 1. The van der Waals surface area contributed by atoms with Gasteiger partial charge in [0.05, 0.1) is 23.0 Å². The van der Waals surface area contributed by atoms with E-state index in [9.17, 15) is 9.18 Å². The molecule has 7 nitrogen and oxygen atoms in total. The monoisotopic (exact) mass is 519 g/mol. The molecule has 0 radical (unpaired) electrons. The lowest BCUT2D eigenvalue weighted by Gasteiger charge is -2.35. The molecule has 0 bridgehead atoms. The number of anilines is 1. The zero-order valence-corrected chi connectivity index (χ0v) is 21.2. The molecule has 1 amide bonds. The number of nitrogens with zero attached hydrogens (tertiary/aromatic N) is 5. The third-order valence-electron chi connectivity index (χ3n) is 7.34. The van der Waals surface area contributed by atoms with E-state index in [4.69, 9.17) is 21.6 Å². The SMILES string of the molecule is CC1CN(C(=O)C2CCN(c3ccc(C#N)cn3)C2)CC2OC12c1ccc(F)cc1.Clc1cccnc1. The summed E-state index contributed by atoms with van der Waals surface area (Å²) in [5, 5.41) is 9.60. The van der Waals surface area contributed by atoms with Crippen molar-refractivity contribution in [1.29, 1.82) is 5.26 Å². The van der Waals surface area contributed by atoms with Gasteiger partial charge in [-0.1, -0.05) is 30.7 Å². The lowest BCUT2D eigenvalue weighted by Crippen LogP contribution is -2.49.